The number of hydrogen-bond donors (Lipinski definition) is 1. The van der Waals surface area contributed by atoms with Crippen LogP contribution in [0.4, 0.5) is 0 Å². The molecule has 0 heterocycles. The number of halogens is 1. The van der Waals surface area contributed by atoms with Gasteiger partial charge in [-0.3, -0.25) is 0 Å². The van der Waals surface area contributed by atoms with Gasteiger partial charge in [0, 0.05) is 0 Å². The highest BCUT2D eigenvalue weighted by Crippen LogP contribution is 2.22. The Morgan fingerprint density at radius 2 is 1.74 bits per heavy atom. The summed E-state index contributed by atoms with van der Waals surface area (Å²) in [6.07, 6.45) is 0. The number of carbonyl (C=O) groups is 1. The molecule has 0 fully saturated rings. The Balaban J connectivity index is 2.05. The van der Waals surface area contributed by atoms with Crippen LogP contribution in [0.3, 0.4) is 0 Å². The van der Waals surface area contributed by atoms with Gasteiger partial charge in [-0.05, 0) is 49.4 Å². The zero-order chi connectivity index (χ0) is 20.0. The second-order valence-corrected chi connectivity index (χ2v) is 7.76. The first-order valence-electron chi connectivity index (χ1n) is 7.94. The monoisotopic (exact) mass is 413 g/mol. The van der Waals surface area contributed by atoms with E-state index < -0.39 is 22.0 Å². The summed E-state index contributed by atoms with van der Waals surface area (Å²) in [5.74, 6) is 0.564. The van der Waals surface area contributed by atoms with Crippen LogP contribution in [0.1, 0.15) is 17.3 Å². The number of hydrogen-bond acceptors (Lipinski definition) is 6. The van der Waals surface area contributed by atoms with Gasteiger partial charge in [0.1, 0.15) is 18.1 Å². The highest BCUT2D eigenvalue weighted by molar-refractivity contribution is 7.89. The Morgan fingerprint density at radius 1 is 1.11 bits per heavy atom. The Hall–Kier alpha value is -2.29. The summed E-state index contributed by atoms with van der Waals surface area (Å²) in [6.45, 7) is 1.78. The Labute approximate surface area is 163 Å². The van der Waals surface area contributed by atoms with Gasteiger partial charge in [0.25, 0.3) is 0 Å². The zero-order valence-electron chi connectivity index (χ0n) is 15.1. The minimum atomic E-state index is -3.87. The van der Waals surface area contributed by atoms with Gasteiger partial charge in [0.2, 0.25) is 10.0 Å². The number of methoxy groups -OCH3 is 2. The van der Waals surface area contributed by atoms with Crippen molar-refractivity contribution in [1.29, 1.82) is 0 Å². The molecular weight excluding hydrogens is 394 g/mol. The van der Waals surface area contributed by atoms with Crippen LogP contribution in [0.15, 0.2) is 47.4 Å². The van der Waals surface area contributed by atoms with Crippen molar-refractivity contribution in [3.05, 3.63) is 53.1 Å². The molecule has 2 rings (SSSR count). The van der Waals surface area contributed by atoms with E-state index in [1.807, 2.05) is 0 Å². The number of nitrogens with one attached hydrogen (secondary N) is 1. The molecule has 0 spiro atoms. The molecule has 0 saturated heterocycles. The third-order valence-corrected chi connectivity index (χ3v) is 5.49. The van der Waals surface area contributed by atoms with Crippen molar-refractivity contribution in [2.75, 3.05) is 20.8 Å². The molecule has 0 aliphatic heterocycles. The molecule has 0 aliphatic rings. The molecule has 27 heavy (non-hydrogen) atoms. The molecule has 2 aromatic carbocycles. The summed E-state index contributed by atoms with van der Waals surface area (Å²) in [7, 11) is -1.12. The fourth-order valence-corrected chi connectivity index (χ4v) is 3.65. The highest BCUT2D eigenvalue weighted by atomic mass is 35.5. The minimum absolute atomic E-state index is 0.0239. The first-order valence-corrected chi connectivity index (χ1v) is 9.80. The van der Waals surface area contributed by atoms with Crippen molar-refractivity contribution in [2.45, 2.75) is 17.9 Å². The van der Waals surface area contributed by atoms with Crippen LogP contribution in [0.25, 0.3) is 0 Å². The Morgan fingerprint density at radius 3 is 2.33 bits per heavy atom. The summed E-state index contributed by atoms with van der Waals surface area (Å²) in [5, 5.41) is 0.108. The molecule has 0 amide bonds. The van der Waals surface area contributed by atoms with E-state index >= 15 is 0 Å². The summed E-state index contributed by atoms with van der Waals surface area (Å²) < 4.78 is 42.8. The van der Waals surface area contributed by atoms with Gasteiger partial charge in [-0.2, -0.15) is 0 Å². The number of benzene rings is 2. The van der Waals surface area contributed by atoms with E-state index in [0.29, 0.717) is 11.5 Å². The quantitative estimate of drug-likeness (QED) is 0.669. The molecule has 7 nitrogen and oxygen atoms in total. The zero-order valence-corrected chi connectivity index (χ0v) is 16.6. The lowest BCUT2D eigenvalue weighted by atomic mass is 10.2. The summed E-state index contributed by atoms with van der Waals surface area (Å²) in [4.78, 5) is 11.6. The first kappa shape index (κ1) is 21.0. The maximum Gasteiger partial charge on any atom is 0.339 e. The second-order valence-electron chi connectivity index (χ2n) is 5.64. The van der Waals surface area contributed by atoms with Crippen molar-refractivity contribution in [1.82, 2.24) is 4.72 Å². The third-order valence-electron chi connectivity index (χ3n) is 3.57. The van der Waals surface area contributed by atoms with Gasteiger partial charge >= 0.3 is 5.97 Å². The molecule has 146 valence electrons. The number of esters is 1. The van der Waals surface area contributed by atoms with Gasteiger partial charge in [0.15, 0.2) is 0 Å². The van der Waals surface area contributed by atoms with E-state index in [1.165, 1.54) is 25.3 Å². The molecule has 0 radical (unpaired) electrons. The molecule has 0 bridgehead atoms. The van der Waals surface area contributed by atoms with Crippen molar-refractivity contribution in [3.63, 3.8) is 0 Å². The maximum absolute atomic E-state index is 12.5. The molecule has 1 unspecified atom stereocenters. The third kappa shape index (κ3) is 5.59. The van der Waals surface area contributed by atoms with Gasteiger partial charge in [-0.25, -0.2) is 17.9 Å². The molecule has 2 aromatic rings. The predicted molar refractivity (Wildman–Crippen MR) is 101 cm³/mol. The van der Waals surface area contributed by atoms with Crippen LogP contribution in [-0.4, -0.2) is 41.3 Å². The average molecular weight is 414 g/mol. The standard InChI is InChI=1S/C18H20ClNO6S/c1-12(11-26-14-6-4-13(24-2)5-7-14)20-27(22,23)15-8-9-17(19)16(10-15)18(21)25-3/h4-10,12,20H,11H2,1-3H3. The first-order chi connectivity index (χ1) is 12.8. The number of rotatable bonds is 8. The van der Waals surface area contributed by atoms with Crippen molar-refractivity contribution < 1.29 is 27.4 Å². The van der Waals surface area contributed by atoms with Crippen LogP contribution in [-0.2, 0) is 14.8 Å². The predicted octanol–water partition coefficient (Wildman–Crippen LogP) is 2.88. The molecule has 0 aromatic heterocycles. The molecule has 0 aliphatic carbocycles. The van der Waals surface area contributed by atoms with Crippen molar-refractivity contribution in [2.24, 2.45) is 0 Å². The lowest BCUT2D eigenvalue weighted by molar-refractivity contribution is 0.0600. The molecule has 0 saturated carbocycles. The molecule has 1 atom stereocenters. The van der Waals surface area contributed by atoms with Crippen LogP contribution in [0.2, 0.25) is 5.02 Å². The Kier molecular flexibility index (Phi) is 7.06. The topological polar surface area (TPSA) is 90.9 Å². The average Bonchev–Trinajstić information content (AvgIpc) is 2.66. The number of ether oxygens (including phenoxy) is 3. The van der Waals surface area contributed by atoms with E-state index in [2.05, 4.69) is 9.46 Å². The van der Waals surface area contributed by atoms with Crippen LogP contribution in [0, 0.1) is 0 Å². The maximum atomic E-state index is 12.5. The van der Waals surface area contributed by atoms with Crippen LogP contribution in [0.5, 0.6) is 11.5 Å². The van der Waals surface area contributed by atoms with Gasteiger partial charge in [-0.15, -0.1) is 0 Å². The lowest BCUT2D eigenvalue weighted by Gasteiger charge is -2.16. The SMILES string of the molecule is COC(=O)c1cc(S(=O)(=O)NC(C)COc2ccc(OC)cc2)ccc1Cl. The van der Waals surface area contributed by atoms with E-state index in [-0.39, 0.29) is 22.1 Å². The van der Waals surface area contributed by atoms with Gasteiger partial charge < -0.3 is 14.2 Å². The van der Waals surface area contributed by atoms with Crippen LogP contribution < -0.4 is 14.2 Å². The lowest BCUT2D eigenvalue weighted by Crippen LogP contribution is -2.36. The van der Waals surface area contributed by atoms with Crippen LogP contribution >= 0.6 is 11.6 Å². The van der Waals surface area contributed by atoms with Crippen molar-refractivity contribution in [3.8, 4) is 11.5 Å². The molecular formula is C18H20ClNO6S. The fraction of sp³-hybridized carbons (Fsp3) is 0.278. The molecule has 1 N–H and O–H groups in total. The van der Waals surface area contributed by atoms with Gasteiger partial charge in [-0.1, -0.05) is 11.6 Å². The van der Waals surface area contributed by atoms with E-state index in [9.17, 15) is 13.2 Å². The smallest absolute Gasteiger partial charge is 0.339 e. The largest absolute Gasteiger partial charge is 0.497 e. The number of sulfonamides is 1. The fourth-order valence-electron chi connectivity index (χ4n) is 2.20. The summed E-state index contributed by atoms with van der Waals surface area (Å²) in [6, 6.07) is 10.2. The normalized spacial score (nSPS) is 12.3. The van der Waals surface area contributed by atoms with E-state index in [4.69, 9.17) is 21.1 Å². The Bertz CT molecular complexity index is 899. The highest BCUT2D eigenvalue weighted by Gasteiger charge is 2.21. The summed E-state index contributed by atoms with van der Waals surface area (Å²) >= 11 is 5.92. The minimum Gasteiger partial charge on any atom is -0.497 e. The molecule has 9 heteroatoms. The van der Waals surface area contributed by atoms with E-state index in [1.54, 1.807) is 38.3 Å². The van der Waals surface area contributed by atoms with Crippen molar-refractivity contribution >= 4 is 27.6 Å². The van der Waals surface area contributed by atoms with E-state index in [0.717, 1.165) is 0 Å². The van der Waals surface area contributed by atoms with Gasteiger partial charge in [0.05, 0.1) is 35.7 Å². The second kappa shape index (κ2) is 9.07. The summed E-state index contributed by atoms with van der Waals surface area (Å²) in [5.41, 5.74) is -0.0239. The number of carbonyl (C=O) groups excluding carboxylic acids is 1.